The average molecular weight is 366 g/mol. The summed E-state index contributed by atoms with van der Waals surface area (Å²) in [6.45, 7) is 2.53. The van der Waals surface area contributed by atoms with Gasteiger partial charge in [0.2, 0.25) is 0 Å². The van der Waals surface area contributed by atoms with Crippen LogP contribution in [0.4, 0.5) is 5.69 Å². The van der Waals surface area contributed by atoms with Crippen LogP contribution in [0.15, 0.2) is 30.0 Å². The second-order valence-electron chi connectivity index (χ2n) is 5.42. The molecule has 0 unspecified atom stereocenters. The van der Waals surface area contributed by atoms with Gasteiger partial charge in [-0.2, -0.15) is 0 Å². The normalized spacial score (nSPS) is 11.7. The second-order valence-corrected chi connectivity index (χ2v) is 5.42. The van der Waals surface area contributed by atoms with Crippen LogP contribution in [0.5, 0.6) is 0 Å². The molecule has 0 heterocycles. The molecule has 0 amide bonds. The molecule has 9 nitrogen and oxygen atoms in total. The minimum absolute atomic E-state index is 0.178. The lowest BCUT2D eigenvalue weighted by Gasteiger charge is -2.21. The largest absolute Gasteiger partial charge is 0.463 e. The monoisotopic (exact) mass is 366 g/mol. The van der Waals surface area contributed by atoms with Gasteiger partial charge >= 0.3 is 23.2 Å². The van der Waals surface area contributed by atoms with Gasteiger partial charge in [0.25, 0.3) is 0 Å². The zero-order chi connectivity index (χ0) is 19.9. The number of carbonyl (C=O) groups is 2. The fourth-order valence-corrected chi connectivity index (χ4v) is 2.08. The van der Waals surface area contributed by atoms with Gasteiger partial charge in [0.1, 0.15) is 0 Å². The van der Waals surface area contributed by atoms with Crippen LogP contribution >= 0.6 is 0 Å². The molecular weight excluding hydrogens is 344 g/mol. The number of aliphatic hydroxyl groups is 1. The third-order valence-electron chi connectivity index (χ3n) is 3.42. The number of hydrogen-bond donors (Lipinski definition) is 1. The molecule has 0 fully saturated rings. The van der Waals surface area contributed by atoms with Gasteiger partial charge in [0.05, 0.1) is 18.1 Å². The Labute approximate surface area is 151 Å². The van der Waals surface area contributed by atoms with Crippen LogP contribution in [0.2, 0.25) is 0 Å². The SMILES string of the molecule is CCOC(=O)C(O)(C(=O)OCC)/C(=C\c1ccc(N(C)C)cc1)[N+](=O)[O-]. The zero-order valence-corrected chi connectivity index (χ0v) is 15.1. The van der Waals surface area contributed by atoms with E-state index in [-0.39, 0.29) is 13.2 Å². The zero-order valence-electron chi connectivity index (χ0n) is 15.1. The van der Waals surface area contributed by atoms with Gasteiger partial charge in [0.15, 0.2) is 0 Å². The summed E-state index contributed by atoms with van der Waals surface area (Å²) in [5, 5.41) is 22.1. The molecule has 142 valence electrons. The van der Waals surface area contributed by atoms with Crippen LogP contribution in [0, 0.1) is 10.1 Å². The highest BCUT2D eigenvalue weighted by atomic mass is 16.6. The van der Waals surface area contributed by atoms with Gasteiger partial charge < -0.3 is 19.5 Å². The third-order valence-corrected chi connectivity index (χ3v) is 3.42. The van der Waals surface area contributed by atoms with E-state index in [1.54, 1.807) is 24.3 Å². The van der Waals surface area contributed by atoms with Crippen molar-refractivity contribution in [1.82, 2.24) is 0 Å². The van der Waals surface area contributed by atoms with Crippen molar-refractivity contribution in [3.05, 3.63) is 45.6 Å². The number of benzene rings is 1. The van der Waals surface area contributed by atoms with E-state index in [0.717, 1.165) is 11.8 Å². The lowest BCUT2D eigenvalue weighted by Crippen LogP contribution is -2.52. The molecule has 26 heavy (non-hydrogen) atoms. The Bertz CT molecular complexity index is 678. The van der Waals surface area contributed by atoms with E-state index >= 15 is 0 Å². The first-order valence-corrected chi connectivity index (χ1v) is 7.89. The molecule has 1 aromatic carbocycles. The maximum absolute atomic E-state index is 12.1. The Kier molecular flexibility index (Phi) is 7.27. The molecule has 0 aliphatic rings. The molecule has 0 aliphatic heterocycles. The van der Waals surface area contributed by atoms with Gasteiger partial charge in [-0.25, -0.2) is 9.59 Å². The number of anilines is 1. The Morgan fingerprint density at radius 3 is 1.96 bits per heavy atom. The van der Waals surface area contributed by atoms with Crippen molar-refractivity contribution >= 4 is 23.7 Å². The fourth-order valence-electron chi connectivity index (χ4n) is 2.08. The lowest BCUT2D eigenvalue weighted by atomic mass is 9.97. The van der Waals surface area contributed by atoms with Crippen molar-refractivity contribution in [3.63, 3.8) is 0 Å². The van der Waals surface area contributed by atoms with Crippen molar-refractivity contribution in [1.29, 1.82) is 0 Å². The number of ether oxygens (including phenoxy) is 2. The maximum atomic E-state index is 12.1. The number of carbonyl (C=O) groups excluding carboxylic acids is 2. The molecule has 1 aromatic rings. The van der Waals surface area contributed by atoms with Crippen LogP contribution in [0.1, 0.15) is 19.4 Å². The van der Waals surface area contributed by atoms with Crippen molar-refractivity contribution in [2.45, 2.75) is 19.4 Å². The number of nitro groups is 1. The number of hydrogen-bond acceptors (Lipinski definition) is 8. The molecule has 0 saturated carbocycles. The van der Waals surface area contributed by atoms with Crippen molar-refractivity contribution in [2.75, 3.05) is 32.2 Å². The molecule has 0 aliphatic carbocycles. The summed E-state index contributed by atoms with van der Waals surface area (Å²) in [6, 6.07) is 6.49. The predicted molar refractivity (Wildman–Crippen MR) is 94.0 cm³/mol. The van der Waals surface area contributed by atoms with E-state index in [1.165, 1.54) is 13.8 Å². The average Bonchev–Trinajstić information content (AvgIpc) is 2.59. The Balaban J connectivity index is 3.46. The number of esters is 2. The quantitative estimate of drug-likeness (QED) is 0.316. The van der Waals surface area contributed by atoms with E-state index in [1.807, 2.05) is 19.0 Å². The Morgan fingerprint density at radius 2 is 1.62 bits per heavy atom. The van der Waals surface area contributed by atoms with Gasteiger partial charge in [-0.1, -0.05) is 12.1 Å². The fraction of sp³-hybridized carbons (Fsp3) is 0.412. The summed E-state index contributed by atoms with van der Waals surface area (Å²) in [5.41, 5.74) is -3.06. The highest BCUT2D eigenvalue weighted by Gasteiger charge is 2.58. The van der Waals surface area contributed by atoms with Gasteiger partial charge in [0, 0.05) is 25.9 Å². The molecule has 9 heteroatoms. The van der Waals surface area contributed by atoms with E-state index in [9.17, 15) is 24.8 Å². The molecule has 0 atom stereocenters. The van der Waals surface area contributed by atoms with E-state index < -0.39 is 28.2 Å². The lowest BCUT2D eigenvalue weighted by molar-refractivity contribution is -0.438. The summed E-state index contributed by atoms with van der Waals surface area (Å²) < 4.78 is 9.30. The maximum Gasteiger partial charge on any atom is 0.361 e. The Hall–Kier alpha value is -2.94. The van der Waals surface area contributed by atoms with Crippen molar-refractivity contribution < 1.29 is 29.1 Å². The molecule has 0 spiro atoms. The topological polar surface area (TPSA) is 119 Å². The predicted octanol–water partition coefficient (Wildman–Crippen LogP) is 1.23. The van der Waals surface area contributed by atoms with Gasteiger partial charge in [-0.15, -0.1) is 0 Å². The van der Waals surface area contributed by atoms with E-state index in [0.29, 0.717) is 5.56 Å². The highest BCUT2D eigenvalue weighted by molar-refractivity contribution is 6.07. The summed E-state index contributed by atoms with van der Waals surface area (Å²) >= 11 is 0. The minimum Gasteiger partial charge on any atom is -0.463 e. The third kappa shape index (κ3) is 4.57. The van der Waals surface area contributed by atoms with Crippen molar-refractivity contribution in [3.8, 4) is 0 Å². The van der Waals surface area contributed by atoms with Crippen LogP contribution < -0.4 is 4.90 Å². The van der Waals surface area contributed by atoms with Crippen molar-refractivity contribution in [2.24, 2.45) is 0 Å². The summed E-state index contributed by atoms with van der Waals surface area (Å²) in [6.07, 6.45) is 0.938. The van der Waals surface area contributed by atoms with Gasteiger partial charge in [-0.3, -0.25) is 10.1 Å². The smallest absolute Gasteiger partial charge is 0.361 e. The standard InChI is InChI=1S/C17H22N2O7/c1-5-25-15(20)17(22,16(21)26-6-2)14(19(23)24)11-12-7-9-13(10-8-12)18(3)4/h7-11,22H,5-6H2,1-4H3/b14-11+. The van der Waals surface area contributed by atoms with E-state index in [4.69, 9.17) is 0 Å². The summed E-state index contributed by atoms with van der Waals surface area (Å²) in [4.78, 5) is 36.6. The molecule has 0 saturated heterocycles. The first-order chi connectivity index (χ1) is 12.2. The number of rotatable bonds is 8. The summed E-state index contributed by atoms with van der Waals surface area (Å²) in [7, 11) is 3.65. The molecular formula is C17H22N2O7. The molecule has 0 radical (unpaired) electrons. The Morgan fingerprint density at radius 1 is 1.15 bits per heavy atom. The van der Waals surface area contributed by atoms with Crippen LogP contribution in [-0.2, 0) is 19.1 Å². The molecule has 1 N–H and O–H groups in total. The van der Waals surface area contributed by atoms with Crippen LogP contribution in [0.3, 0.4) is 0 Å². The first kappa shape index (κ1) is 21.1. The molecule has 0 aromatic heterocycles. The number of nitrogens with zero attached hydrogens (tertiary/aromatic N) is 2. The minimum atomic E-state index is -3.17. The second kappa shape index (κ2) is 8.95. The van der Waals surface area contributed by atoms with Gasteiger partial charge in [-0.05, 0) is 31.5 Å². The highest BCUT2D eigenvalue weighted by Crippen LogP contribution is 2.25. The van der Waals surface area contributed by atoms with E-state index in [2.05, 4.69) is 9.47 Å². The first-order valence-electron chi connectivity index (χ1n) is 7.89. The van der Waals surface area contributed by atoms with Crippen LogP contribution in [0.25, 0.3) is 6.08 Å². The summed E-state index contributed by atoms with van der Waals surface area (Å²) in [5.74, 6) is -2.93. The van der Waals surface area contributed by atoms with Crippen LogP contribution in [-0.4, -0.2) is 54.9 Å². The molecule has 1 rings (SSSR count). The molecule has 0 bridgehead atoms.